The molecule has 1 unspecified atom stereocenters. The summed E-state index contributed by atoms with van der Waals surface area (Å²) < 4.78 is 1.62. The number of halogens is 1. The van der Waals surface area contributed by atoms with E-state index in [2.05, 4.69) is 5.32 Å². The Morgan fingerprint density at radius 1 is 1.55 bits per heavy atom. The number of rotatable bonds is 3. The van der Waals surface area contributed by atoms with Crippen LogP contribution in [0.3, 0.4) is 0 Å². The van der Waals surface area contributed by atoms with Gasteiger partial charge in [0.1, 0.15) is 18.3 Å². The molecule has 0 aromatic carbocycles. The third-order valence-corrected chi connectivity index (χ3v) is 3.36. The first-order chi connectivity index (χ1) is 9.43. The third-order valence-electron chi connectivity index (χ3n) is 3.15. The maximum atomic E-state index is 12.5. The molecule has 0 radical (unpaired) electrons. The van der Waals surface area contributed by atoms with E-state index in [-0.39, 0.29) is 24.7 Å². The lowest BCUT2D eigenvalue weighted by molar-refractivity contribution is -0.144. The minimum absolute atomic E-state index is 0.0968. The fourth-order valence-electron chi connectivity index (χ4n) is 2.14. The van der Waals surface area contributed by atoms with E-state index in [1.807, 2.05) is 6.92 Å². The van der Waals surface area contributed by atoms with Gasteiger partial charge in [0.15, 0.2) is 0 Å². The number of nitrogens with one attached hydrogen (secondary N) is 1. The number of aromatic nitrogens is 1. The van der Waals surface area contributed by atoms with E-state index in [0.717, 1.165) is 4.90 Å². The molecule has 108 valence electrons. The number of aliphatic carboxylic acids is 1. The Morgan fingerprint density at radius 3 is 2.85 bits per heavy atom. The average molecular weight is 300 g/mol. The van der Waals surface area contributed by atoms with Crippen LogP contribution in [0.15, 0.2) is 12.3 Å². The predicted octanol–water partition coefficient (Wildman–Crippen LogP) is 0.187. The van der Waals surface area contributed by atoms with Crippen LogP contribution in [0.25, 0.3) is 0 Å². The van der Waals surface area contributed by atoms with Gasteiger partial charge in [0.25, 0.3) is 5.91 Å². The second-order valence-electron chi connectivity index (χ2n) is 4.42. The molecule has 1 fully saturated rings. The van der Waals surface area contributed by atoms with Crippen LogP contribution in [0.5, 0.6) is 0 Å². The van der Waals surface area contributed by atoms with Crippen LogP contribution in [0.1, 0.15) is 17.4 Å². The highest BCUT2D eigenvalue weighted by molar-refractivity contribution is 6.31. The zero-order valence-electron chi connectivity index (χ0n) is 10.8. The second-order valence-corrected chi connectivity index (χ2v) is 4.86. The highest BCUT2D eigenvalue weighted by atomic mass is 35.5. The van der Waals surface area contributed by atoms with Crippen molar-refractivity contribution < 1.29 is 19.5 Å². The van der Waals surface area contributed by atoms with Gasteiger partial charge in [-0.3, -0.25) is 9.59 Å². The van der Waals surface area contributed by atoms with Crippen LogP contribution in [-0.2, 0) is 16.1 Å². The summed E-state index contributed by atoms with van der Waals surface area (Å²) >= 11 is 5.87. The number of amides is 2. The minimum Gasteiger partial charge on any atom is -0.480 e. The summed E-state index contributed by atoms with van der Waals surface area (Å²) in [5.41, 5.74) is 0.276. The van der Waals surface area contributed by atoms with E-state index in [0.29, 0.717) is 11.6 Å². The summed E-state index contributed by atoms with van der Waals surface area (Å²) in [7, 11) is 0. The van der Waals surface area contributed by atoms with E-state index in [1.54, 1.807) is 10.8 Å². The van der Waals surface area contributed by atoms with Crippen LogP contribution >= 0.6 is 11.6 Å². The van der Waals surface area contributed by atoms with Crippen molar-refractivity contribution in [2.24, 2.45) is 0 Å². The number of carbonyl (C=O) groups is 3. The van der Waals surface area contributed by atoms with Crippen LogP contribution < -0.4 is 5.32 Å². The van der Waals surface area contributed by atoms with E-state index in [9.17, 15) is 14.4 Å². The number of piperazine rings is 1. The third kappa shape index (κ3) is 2.62. The first kappa shape index (κ1) is 14.4. The van der Waals surface area contributed by atoms with Gasteiger partial charge in [0.05, 0.1) is 5.02 Å². The Morgan fingerprint density at radius 2 is 2.25 bits per heavy atom. The molecule has 0 spiro atoms. The van der Waals surface area contributed by atoms with Crippen molar-refractivity contribution in [3.8, 4) is 0 Å². The van der Waals surface area contributed by atoms with E-state index in [1.165, 1.54) is 6.07 Å². The molecule has 20 heavy (non-hydrogen) atoms. The van der Waals surface area contributed by atoms with Crippen LogP contribution in [-0.4, -0.2) is 51.5 Å². The van der Waals surface area contributed by atoms with E-state index >= 15 is 0 Å². The van der Waals surface area contributed by atoms with Gasteiger partial charge in [-0.25, -0.2) is 4.79 Å². The Hall–Kier alpha value is -2.02. The predicted molar refractivity (Wildman–Crippen MR) is 70.6 cm³/mol. The highest BCUT2D eigenvalue weighted by Gasteiger charge is 2.36. The zero-order valence-corrected chi connectivity index (χ0v) is 11.6. The Bertz CT molecular complexity index is 569. The molecule has 1 aromatic rings. The summed E-state index contributed by atoms with van der Waals surface area (Å²) in [5.74, 6) is -2.04. The number of aryl methyl sites for hydroxylation is 1. The number of hydrogen-bond acceptors (Lipinski definition) is 3. The van der Waals surface area contributed by atoms with Gasteiger partial charge in [-0.15, -0.1) is 0 Å². The molecular formula is C12H14ClN3O4. The molecule has 2 amide bonds. The molecule has 2 rings (SSSR count). The zero-order chi connectivity index (χ0) is 14.9. The molecule has 2 N–H and O–H groups in total. The molecule has 0 aliphatic carbocycles. The SMILES string of the molecule is CCn1cc(Cl)cc1C(=O)N1CC(=O)NCC1C(=O)O. The van der Waals surface area contributed by atoms with Crippen LogP contribution in [0, 0.1) is 0 Å². The lowest BCUT2D eigenvalue weighted by atomic mass is 10.1. The van der Waals surface area contributed by atoms with Crippen molar-refractivity contribution in [1.29, 1.82) is 0 Å². The smallest absolute Gasteiger partial charge is 0.328 e. The maximum absolute atomic E-state index is 12.5. The van der Waals surface area contributed by atoms with Gasteiger partial charge in [-0.05, 0) is 13.0 Å². The van der Waals surface area contributed by atoms with Crippen molar-refractivity contribution in [3.05, 3.63) is 23.0 Å². The largest absolute Gasteiger partial charge is 0.480 e. The number of carbonyl (C=O) groups excluding carboxylic acids is 2. The van der Waals surface area contributed by atoms with E-state index < -0.39 is 17.9 Å². The molecule has 0 saturated carbocycles. The van der Waals surface area contributed by atoms with Gasteiger partial charge in [0.2, 0.25) is 5.91 Å². The topological polar surface area (TPSA) is 91.6 Å². The lowest BCUT2D eigenvalue weighted by Gasteiger charge is -2.32. The van der Waals surface area contributed by atoms with Crippen molar-refractivity contribution in [3.63, 3.8) is 0 Å². The summed E-state index contributed by atoms with van der Waals surface area (Å²) in [5, 5.41) is 12.0. The monoisotopic (exact) mass is 299 g/mol. The van der Waals surface area contributed by atoms with Crippen molar-refractivity contribution in [2.45, 2.75) is 19.5 Å². The standard InChI is InChI=1S/C12H14ClN3O4/c1-2-15-5-7(13)3-8(15)11(18)16-6-10(17)14-4-9(16)12(19)20/h3,5,9H,2,4,6H2,1H3,(H,14,17)(H,19,20). The fraction of sp³-hybridized carbons (Fsp3) is 0.417. The van der Waals surface area contributed by atoms with Gasteiger partial charge < -0.3 is 19.9 Å². The normalized spacial score (nSPS) is 18.8. The Labute approximate surface area is 120 Å². The average Bonchev–Trinajstić information content (AvgIpc) is 2.78. The molecule has 1 aliphatic heterocycles. The van der Waals surface area contributed by atoms with Crippen molar-refractivity contribution in [1.82, 2.24) is 14.8 Å². The summed E-state index contributed by atoms with van der Waals surface area (Å²) in [4.78, 5) is 36.1. The van der Waals surface area contributed by atoms with E-state index in [4.69, 9.17) is 16.7 Å². The molecule has 2 heterocycles. The van der Waals surface area contributed by atoms with Crippen LogP contribution in [0.2, 0.25) is 5.02 Å². The molecule has 7 nitrogen and oxygen atoms in total. The summed E-state index contributed by atoms with van der Waals surface area (Å²) in [6.07, 6.45) is 1.59. The summed E-state index contributed by atoms with van der Waals surface area (Å²) in [6.45, 7) is 1.99. The molecular weight excluding hydrogens is 286 g/mol. The minimum atomic E-state index is -1.15. The van der Waals surface area contributed by atoms with Crippen LogP contribution in [0.4, 0.5) is 0 Å². The Kier molecular flexibility index (Phi) is 3.99. The number of carboxylic acids is 1. The molecule has 1 aliphatic rings. The second kappa shape index (κ2) is 5.54. The summed E-state index contributed by atoms with van der Waals surface area (Å²) in [6, 6.07) is 0.401. The van der Waals surface area contributed by atoms with Gasteiger partial charge >= 0.3 is 5.97 Å². The Balaban J connectivity index is 2.33. The maximum Gasteiger partial charge on any atom is 0.328 e. The highest BCUT2D eigenvalue weighted by Crippen LogP contribution is 2.18. The van der Waals surface area contributed by atoms with Gasteiger partial charge in [0, 0.05) is 19.3 Å². The number of hydrogen-bond donors (Lipinski definition) is 2. The molecule has 8 heteroatoms. The number of carboxylic acid groups (broad SMARTS) is 1. The fourth-order valence-corrected chi connectivity index (χ4v) is 2.36. The molecule has 1 aromatic heterocycles. The molecule has 1 atom stereocenters. The van der Waals surface area contributed by atoms with Crippen molar-refractivity contribution >= 4 is 29.4 Å². The molecule has 1 saturated heterocycles. The molecule has 0 bridgehead atoms. The first-order valence-corrected chi connectivity index (χ1v) is 6.48. The van der Waals surface area contributed by atoms with Gasteiger partial charge in [-0.2, -0.15) is 0 Å². The van der Waals surface area contributed by atoms with Crippen molar-refractivity contribution in [2.75, 3.05) is 13.1 Å². The number of nitrogens with zero attached hydrogens (tertiary/aromatic N) is 2. The lowest BCUT2D eigenvalue weighted by Crippen LogP contribution is -2.59. The first-order valence-electron chi connectivity index (χ1n) is 6.10. The van der Waals surface area contributed by atoms with Gasteiger partial charge in [-0.1, -0.05) is 11.6 Å². The quantitative estimate of drug-likeness (QED) is 0.833.